The summed E-state index contributed by atoms with van der Waals surface area (Å²) in [7, 11) is 1.99. The molecule has 1 aromatic heterocycles. The highest BCUT2D eigenvalue weighted by atomic mass is 16.5. The molecule has 4 nitrogen and oxygen atoms in total. The van der Waals surface area contributed by atoms with Crippen molar-refractivity contribution in [2.45, 2.75) is 32.7 Å². The molecule has 2 aromatic rings. The molecule has 0 spiro atoms. The minimum absolute atomic E-state index is 0.145. The molecule has 0 aliphatic carbocycles. The number of para-hydroxylation sites is 1. The van der Waals surface area contributed by atoms with Gasteiger partial charge in [0, 0.05) is 30.3 Å². The first-order valence-corrected chi connectivity index (χ1v) is 7.68. The van der Waals surface area contributed by atoms with Crippen molar-refractivity contribution >= 4 is 0 Å². The predicted octanol–water partition coefficient (Wildman–Crippen LogP) is 2.75. The van der Waals surface area contributed by atoms with E-state index >= 15 is 0 Å². The van der Waals surface area contributed by atoms with Crippen LogP contribution in [0.5, 0.6) is 5.75 Å². The molecule has 0 radical (unpaired) electrons. The summed E-state index contributed by atoms with van der Waals surface area (Å²) >= 11 is 0. The summed E-state index contributed by atoms with van der Waals surface area (Å²) in [5.41, 5.74) is 4.97. The highest BCUT2D eigenvalue weighted by Crippen LogP contribution is 2.36. The average Bonchev–Trinajstić information content (AvgIpc) is 3.09. The lowest BCUT2D eigenvalue weighted by atomic mass is 9.96. The normalized spacial score (nSPS) is 14.8. The highest BCUT2D eigenvalue weighted by Gasteiger charge is 2.25. The van der Waals surface area contributed by atoms with Crippen molar-refractivity contribution in [3.63, 3.8) is 0 Å². The summed E-state index contributed by atoms with van der Waals surface area (Å²) in [6.45, 7) is 6.07. The standard InChI is InChI=1S/C17H23N3O/c1-4-9-18-16(15-11-19-20(3)12(15)2)14-7-5-6-13-8-10-21-17(13)14/h5-7,11,16,18H,4,8-10H2,1-3H3. The largest absolute Gasteiger partial charge is 0.493 e. The number of aryl methyl sites for hydroxylation is 1. The zero-order valence-corrected chi connectivity index (χ0v) is 13.0. The first kappa shape index (κ1) is 14.1. The molecule has 1 atom stereocenters. The molecule has 0 amide bonds. The van der Waals surface area contributed by atoms with Crippen molar-refractivity contribution in [1.29, 1.82) is 0 Å². The van der Waals surface area contributed by atoms with E-state index in [0.29, 0.717) is 0 Å². The molecule has 112 valence electrons. The van der Waals surface area contributed by atoms with E-state index in [9.17, 15) is 0 Å². The monoisotopic (exact) mass is 285 g/mol. The van der Waals surface area contributed by atoms with Gasteiger partial charge in [0.25, 0.3) is 0 Å². The van der Waals surface area contributed by atoms with Crippen molar-refractivity contribution in [3.8, 4) is 5.75 Å². The quantitative estimate of drug-likeness (QED) is 0.918. The molecule has 4 heteroatoms. The zero-order chi connectivity index (χ0) is 14.8. The van der Waals surface area contributed by atoms with Crippen LogP contribution in [-0.4, -0.2) is 22.9 Å². The molecular weight excluding hydrogens is 262 g/mol. The van der Waals surface area contributed by atoms with E-state index in [0.717, 1.165) is 31.7 Å². The molecule has 1 unspecified atom stereocenters. The molecule has 3 rings (SSSR count). The number of nitrogens with one attached hydrogen (secondary N) is 1. The zero-order valence-electron chi connectivity index (χ0n) is 13.0. The fourth-order valence-corrected chi connectivity index (χ4v) is 2.94. The van der Waals surface area contributed by atoms with Crippen LogP contribution in [0.15, 0.2) is 24.4 Å². The molecule has 0 bridgehead atoms. The number of nitrogens with zero attached hydrogens (tertiary/aromatic N) is 2. The van der Waals surface area contributed by atoms with Crippen molar-refractivity contribution in [1.82, 2.24) is 15.1 Å². The molecule has 0 saturated heterocycles. The van der Waals surface area contributed by atoms with Crippen LogP contribution in [0, 0.1) is 6.92 Å². The Morgan fingerprint density at radius 3 is 2.95 bits per heavy atom. The van der Waals surface area contributed by atoms with Crippen LogP contribution in [0.2, 0.25) is 0 Å². The van der Waals surface area contributed by atoms with E-state index in [1.165, 1.54) is 22.4 Å². The molecule has 1 aliphatic heterocycles. The van der Waals surface area contributed by atoms with Gasteiger partial charge in [-0.25, -0.2) is 0 Å². The average molecular weight is 285 g/mol. The second-order valence-electron chi connectivity index (χ2n) is 5.63. The fraction of sp³-hybridized carbons (Fsp3) is 0.471. The third kappa shape index (κ3) is 2.56. The van der Waals surface area contributed by atoms with E-state index < -0.39 is 0 Å². The number of rotatable bonds is 5. The molecule has 2 heterocycles. The summed E-state index contributed by atoms with van der Waals surface area (Å²) in [4.78, 5) is 0. The van der Waals surface area contributed by atoms with E-state index in [-0.39, 0.29) is 6.04 Å². The molecule has 0 saturated carbocycles. The first-order chi connectivity index (χ1) is 10.2. The van der Waals surface area contributed by atoms with Gasteiger partial charge in [-0.3, -0.25) is 4.68 Å². The van der Waals surface area contributed by atoms with Crippen LogP contribution in [0.3, 0.4) is 0 Å². The molecule has 1 aromatic carbocycles. The van der Waals surface area contributed by atoms with Gasteiger partial charge in [0.05, 0.1) is 18.8 Å². The van der Waals surface area contributed by atoms with Crippen LogP contribution in [-0.2, 0) is 13.5 Å². The molecule has 0 fully saturated rings. The number of hydrogen-bond donors (Lipinski definition) is 1. The molecule has 1 N–H and O–H groups in total. The van der Waals surface area contributed by atoms with Gasteiger partial charge >= 0.3 is 0 Å². The minimum atomic E-state index is 0.145. The van der Waals surface area contributed by atoms with Gasteiger partial charge in [-0.2, -0.15) is 5.10 Å². The third-order valence-corrected chi connectivity index (χ3v) is 4.24. The Kier molecular flexibility index (Phi) is 3.97. The number of fused-ring (bicyclic) bond motifs is 1. The molecule has 1 aliphatic rings. The van der Waals surface area contributed by atoms with Gasteiger partial charge in [0.1, 0.15) is 5.75 Å². The van der Waals surface area contributed by atoms with Crippen LogP contribution >= 0.6 is 0 Å². The molecule has 21 heavy (non-hydrogen) atoms. The van der Waals surface area contributed by atoms with Crippen LogP contribution in [0.4, 0.5) is 0 Å². The lowest BCUT2D eigenvalue weighted by molar-refractivity contribution is 0.350. The van der Waals surface area contributed by atoms with Gasteiger partial charge in [-0.05, 0) is 25.5 Å². The SMILES string of the molecule is CCCNC(c1cccc2c1OCC2)c1cnn(C)c1C. The van der Waals surface area contributed by atoms with E-state index in [1.807, 2.05) is 17.9 Å². The Morgan fingerprint density at radius 2 is 2.24 bits per heavy atom. The smallest absolute Gasteiger partial charge is 0.127 e. The first-order valence-electron chi connectivity index (χ1n) is 7.68. The topological polar surface area (TPSA) is 39.1 Å². The third-order valence-electron chi connectivity index (χ3n) is 4.24. The Labute approximate surface area is 126 Å². The summed E-state index contributed by atoms with van der Waals surface area (Å²) in [5.74, 6) is 1.06. The lowest BCUT2D eigenvalue weighted by Gasteiger charge is -2.21. The van der Waals surface area contributed by atoms with Gasteiger partial charge < -0.3 is 10.1 Å². The Bertz CT molecular complexity index is 633. The predicted molar refractivity (Wildman–Crippen MR) is 83.7 cm³/mol. The summed E-state index contributed by atoms with van der Waals surface area (Å²) in [6.07, 6.45) is 4.08. The summed E-state index contributed by atoms with van der Waals surface area (Å²) < 4.78 is 7.82. The number of benzene rings is 1. The summed E-state index contributed by atoms with van der Waals surface area (Å²) in [6, 6.07) is 6.62. The second-order valence-corrected chi connectivity index (χ2v) is 5.63. The van der Waals surface area contributed by atoms with Gasteiger partial charge in [-0.15, -0.1) is 0 Å². The minimum Gasteiger partial charge on any atom is -0.493 e. The van der Waals surface area contributed by atoms with Gasteiger partial charge in [0.2, 0.25) is 0 Å². The van der Waals surface area contributed by atoms with Crippen LogP contribution in [0.25, 0.3) is 0 Å². The second kappa shape index (κ2) is 5.90. The Morgan fingerprint density at radius 1 is 1.38 bits per heavy atom. The fourth-order valence-electron chi connectivity index (χ4n) is 2.94. The van der Waals surface area contributed by atoms with Crippen molar-refractivity contribution in [3.05, 3.63) is 46.8 Å². The number of aromatic nitrogens is 2. The van der Waals surface area contributed by atoms with Crippen LogP contribution < -0.4 is 10.1 Å². The van der Waals surface area contributed by atoms with E-state index in [1.54, 1.807) is 0 Å². The number of ether oxygens (including phenoxy) is 1. The summed E-state index contributed by atoms with van der Waals surface area (Å²) in [5, 5.41) is 8.05. The molecular formula is C17H23N3O. The maximum absolute atomic E-state index is 5.89. The highest BCUT2D eigenvalue weighted by molar-refractivity contribution is 5.49. The van der Waals surface area contributed by atoms with Gasteiger partial charge in [-0.1, -0.05) is 25.1 Å². The van der Waals surface area contributed by atoms with Gasteiger partial charge in [0.15, 0.2) is 0 Å². The Hall–Kier alpha value is -1.81. The van der Waals surface area contributed by atoms with Crippen molar-refractivity contribution < 1.29 is 4.74 Å². The van der Waals surface area contributed by atoms with E-state index in [4.69, 9.17) is 4.74 Å². The van der Waals surface area contributed by atoms with Crippen molar-refractivity contribution in [2.24, 2.45) is 7.05 Å². The maximum atomic E-state index is 5.89. The van der Waals surface area contributed by atoms with E-state index in [2.05, 4.69) is 42.5 Å². The lowest BCUT2D eigenvalue weighted by Crippen LogP contribution is -2.24. The number of hydrogen-bond acceptors (Lipinski definition) is 3. The van der Waals surface area contributed by atoms with Crippen molar-refractivity contribution in [2.75, 3.05) is 13.2 Å². The Balaban J connectivity index is 2.04. The maximum Gasteiger partial charge on any atom is 0.127 e. The van der Waals surface area contributed by atoms with Crippen LogP contribution in [0.1, 0.15) is 41.8 Å².